The molecule has 0 aromatic heterocycles. The van der Waals surface area contributed by atoms with Crippen molar-refractivity contribution in [2.24, 2.45) is 0 Å². The summed E-state index contributed by atoms with van der Waals surface area (Å²) < 4.78 is 5.29. The van der Waals surface area contributed by atoms with E-state index < -0.39 is 0 Å². The normalized spacial score (nSPS) is 25.6. The minimum absolute atomic E-state index is 0.109. The monoisotopic (exact) mass is 174 g/mol. The summed E-state index contributed by atoms with van der Waals surface area (Å²) in [7, 11) is 0. The quantitative estimate of drug-likeness (QED) is 0.472. The van der Waals surface area contributed by atoms with Crippen LogP contribution in [0.4, 0.5) is 0 Å². The third-order valence-electron chi connectivity index (χ3n) is 1.71. The predicted molar refractivity (Wildman–Crippen MR) is 43.6 cm³/mol. The Morgan fingerprint density at radius 2 is 2.45 bits per heavy atom. The van der Waals surface area contributed by atoms with Gasteiger partial charge in [0.15, 0.2) is 0 Å². The number of rotatable bonds is 2. The van der Waals surface area contributed by atoms with Gasteiger partial charge in [-0.3, -0.25) is 4.79 Å². The highest BCUT2D eigenvalue weighted by atomic mass is 35.5. The zero-order valence-corrected chi connectivity index (χ0v) is 7.23. The number of carbonyl (C=O) groups excluding carboxylic acids is 1. The lowest BCUT2D eigenvalue weighted by atomic mass is 10.2. The molecule has 62 valence electrons. The van der Waals surface area contributed by atoms with Gasteiger partial charge in [0, 0.05) is 12.2 Å². The summed E-state index contributed by atoms with van der Waals surface area (Å²) in [6, 6.07) is 0. The molecule has 1 unspecified atom stereocenters. The molecule has 1 aliphatic rings. The Morgan fingerprint density at radius 1 is 1.73 bits per heavy atom. The lowest BCUT2D eigenvalue weighted by Gasteiger charge is -2.02. The molecule has 1 heterocycles. The van der Waals surface area contributed by atoms with Crippen LogP contribution in [0.25, 0.3) is 0 Å². The summed E-state index contributed by atoms with van der Waals surface area (Å²) in [6.45, 7) is 2.50. The van der Waals surface area contributed by atoms with E-state index in [0.717, 1.165) is 19.4 Å². The van der Waals surface area contributed by atoms with Gasteiger partial charge in [0.05, 0.1) is 6.10 Å². The molecule has 2 nitrogen and oxygen atoms in total. The van der Waals surface area contributed by atoms with Crippen LogP contribution in [0, 0.1) is 0 Å². The van der Waals surface area contributed by atoms with Crippen molar-refractivity contribution in [3.63, 3.8) is 0 Å². The molecule has 0 N–H and O–H groups in total. The van der Waals surface area contributed by atoms with E-state index in [1.165, 1.54) is 0 Å². The first-order valence-corrected chi connectivity index (χ1v) is 4.08. The molecular formula is C8H11ClO2. The van der Waals surface area contributed by atoms with E-state index in [-0.39, 0.29) is 11.3 Å². The highest BCUT2D eigenvalue weighted by Gasteiger charge is 2.13. The van der Waals surface area contributed by atoms with Crippen molar-refractivity contribution in [1.82, 2.24) is 0 Å². The van der Waals surface area contributed by atoms with Gasteiger partial charge in [0.1, 0.15) is 0 Å². The first-order valence-electron chi connectivity index (χ1n) is 3.70. The maximum absolute atomic E-state index is 10.6. The molecule has 0 aromatic rings. The van der Waals surface area contributed by atoms with Gasteiger partial charge in [0.25, 0.3) is 0 Å². The van der Waals surface area contributed by atoms with Gasteiger partial charge in [-0.05, 0) is 37.4 Å². The minimum atomic E-state index is -0.388. The average molecular weight is 175 g/mol. The van der Waals surface area contributed by atoms with Crippen LogP contribution >= 0.6 is 11.6 Å². The molecule has 0 bridgehead atoms. The highest BCUT2D eigenvalue weighted by molar-refractivity contribution is 6.67. The smallest absolute Gasteiger partial charge is 0.247 e. The second-order valence-electron chi connectivity index (χ2n) is 2.67. The van der Waals surface area contributed by atoms with Gasteiger partial charge >= 0.3 is 0 Å². The summed E-state index contributed by atoms with van der Waals surface area (Å²) >= 11 is 5.24. The summed E-state index contributed by atoms with van der Waals surface area (Å²) in [5, 5.41) is -0.388. The van der Waals surface area contributed by atoms with Crippen molar-refractivity contribution in [1.29, 1.82) is 0 Å². The Bertz CT molecular complexity index is 181. The van der Waals surface area contributed by atoms with Crippen LogP contribution < -0.4 is 0 Å². The molecule has 0 aromatic carbocycles. The van der Waals surface area contributed by atoms with Crippen LogP contribution in [0.1, 0.15) is 19.8 Å². The van der Waals surface area contributed by atoms with Crippen molar-refractivity contribution in [3.8, 4) is 0 Å². The number of allylic oxidation sites excluding steroid dienone is 1. The van der Waals surface area contributed by atoms with Crippen molar-refractivity contribution in [2.45, 2.75) is 25.9 Å². The second-order valence-corrected chi connectivity index (χ2v) is 3.02. The molecule has 0 amide bonds. The minimum Gasteiger partial charge on any atom is -0.374 e. The number of carbonyl (C=O) groups is 1. The summed E-state index contributed by atoms with van der Waals surface area (Å²) in [4.78, 5) is 10.6. The maximum atomic E-state index is 10.6. The van der Waals surface area contributed by atoms with Gasteiger partial charge in [-0.25, -0.2) is 0 Å². The van der Waals surface area contributed by atoms with Crippen LogP contribution in [0.5, 0.6) is 0 Å². The lowest BCUT2D eigenvalue weighted by Crippen LogP contribution is -2.02. The SMILES string of the molecule is C/C(=C\C1CCCO1)C(=O)Cl. The third kappa shape index (κ3) is 2.64. The number of halogens is 1. The first kappa shape index (κ1) is 8.75. The standard InChI is InChI=1S/C8H11ClO2/c1-6(8(9)10)5-7-3-2-4-11-7/h5,7H,2-4H2,1H3/b6-5+. The van der Waals surface area contributed by atoms with E-state index in [0.29, 0.717) is 5.57 Å². The average Bonchev–Trinajstić information content (AvgIpc) is 2.39. The molecule has 0 saturated carbocycles. The van der Waals surface area contributed by atoms with Crippen molar-refractivity contribution >= 4 is 16.8 Å². The van der Waals surface area contributed by atoms with Gasteiger partial charge in [-0.15, -0.1) is 0 Å². The second kappa shape index (κ2) is 3.88. The van der Waals surface area contributed by atoms with Gasteiger partial charge < -0.3 is 4.74 Å². The molecular weight excluding hydrogens is 164 g/mol. The van der Waals surface area contributed by atoms with Crippen LogP contribution in [-0.4, -0.2) is 18.0 Å². The molecule has 0 aliphatic carbocycles. The van der Waals surface area contributed by atoms with E-state index >= 15 is 0 Å². The zero-order valence-electron chi connectivity index (χ0n) is 6.47. The molecule has 0 radical (unpaired) electrons. The Morgan fingerprint density at radius 3 is 2.91 bits per heavy atom. The van der Waals surface area contributed by atoms with E-state index in [4.69, 9.17) is 16.3 Å². The van der Waals surface area contributed by atoms with Crippen molar-refractivity contribution in [3.05, 3.63) is 11.6 Å². The third-order valence-corrected chi connectivity index (χ3v) is 2.01. The van der Waals surface area contributed by atoms with Crippen LogP contribution in [0.2, 0.25) is 0 Å². The number of ether oxygens (including phenoxy) is 1. The van der Waals surface area contributed by atoms with Gasteiger partial charge in [-0.2, -0.15) is 0 Å². The maximum Gasteiger partial charge on any atom is 0.247 e. The highest BCUT2D eigenvalue weighted by Crippen LogP contribution is 2.15. The van der Waals surface area contributed by atoms with Crippen LogP contribution in [-0.2, 0) is 9.53 Å². The summed E-state index contributed by atoms with van der Waals surface area (Å²) in [5.41, 5.74) is 0.582. The Hall–Kier alpha value is -0.340. The van der Waals surface area contributed by atoms with Crippen LogP contribution in [0.3, 0.4) is 0 Å². The number of hydrogen-bond acceptors (Lipinski definition) is 2. The summed E-state index contributed by atoms with van der Waals surface area (Å²) in [5.74, 6) is 0. The van der Waals surface area contributed by atoms with E-state index in [1.807, 2.05) is 0 Å². The van der Waals surface area contributed by atoms with Crippen molar-refractivity contribution in [2.75, 3.05) is 6.61 Å². The molecule has 1 atom stereocenters. The Labute approximate surface area is 71.2 Å². The molecule has 1 fully saturated rings. The summed E-state index contributed by atoms with van der Waals surface area (Å²) in [6.07, 6.45) is 3.98. The molecule has 0 spiro atoms. The van der Waals surface area contributed by atoms with Gasteiger partial charge in [0.2, 0.25) is 5.24 Å². The Kier molecular flexibility index (Phi) is 3.09. The van der Waals surface area contributed by atoms with E-state index in [9.17, 15) is 4.79 Å². The first-order chi connectivity index (χ1) is 5.20. The fourth-order valence-electron chi connectivity index (χ4n) is 1.08. The molecule has 11 heavy (non-hydrogen) atoms. The van der Waals surface area contributed by atoms with Crippen LogP contribution in [0.15, 0.2) is 11.6 Å². The fourth-order valence-corrected chi connectivity index (χ4v) is 1.14. The van der Waals surface area contributed by atoms with Gasteiger partial charge in [-0.1, -0.05) is 0 Å². The predicted octanol–water partition coefficient (Wildman–Crippen LogP) is 1.88. The van der Waals surface area contributed by atoms with Crippen molar-refractivity contribution < 1.29 is 9.53 Å². The zero-order chi connectivity index (χ0) is 8.27. The fraction of sp³-hybridized carbons (Fsp3) is 0.625. The molecule has 1 rings (SSSR count). The lowest BCUT2D eigenvalue weighted by molar-refractivity contribution is -0.108. The van der Waals surface area contributed by atoms with E-state index in [2.05, 4.69) is 0 Å². The number of hydrogen-bond donors (Lipinski definition) is 0. The topological polar surface area (TPSA) is 26.3 Å². The largest absolute Gasteiger partial charge is 0.374 e. The molecule has 1 saturated heterocycles. The Balaban J connectivity index is 2.49. The van der Waals surface area contributed by atoms with E-state index in [1.54, 1.807) is 13.0 Å². The molecule has 1 aliphatic heterocycles. The molecule has 3 heteroatoms.